The maximum atomic E-state index is 13.9. The SMILES string of the molecule is COc1ccc(F)c(-c2n[nH]nc2C(N)=O)c1F. The third-order valence-electron chi connectivity index (χ3n) is 2.29. The van der Waals surface area contributed by atoms with E-state index in [9.17, 15) is 13.6 Å². The number of aromatic nitrogens is 3. The first-order valence-electron chi connectivity index (χ1n) is 4.79. The van der Waals surface area contributed by atoms with Crippen LogP contribution in [-0.4, -0.2) is 28.4 Å². The second kappa shape index (κ2) is 4.40. The number of ether oxygens (including phenoxy) is 1. The Bertz CT molecular complexity index is 612. The number of nitrogens with one attached hydrogen (secondary N) is 1. The minimum Gasteiger partial charge on any atom is -0.494 e. The van der Waals surface area contributed by atoms with E-state index in [0.717, 1.165) is 12.1 Å². The summed E-state index contributed by atoms with van der Waals surface area (Å²) in [6.07, 6.45) is 0. The number of H-pyrrole nitrogens is 1. The molecule has 0 saturated heterocycles. The van der Waals surface area contributed by atoms with Crippen LogP contribution >= 0.6 is 0 Å². The fraction of sp³-hybridized carbons (Fsp3) is 0.100. The molecular formula is C10H8F2N4O2. The number of nitrogens with two attached hydrogens (primary N) is 1. The number of halogens is 2. The Hall–Kier alpha value is -2.51. The van der Waals surface area contributed by atoms with Crippen LogP contribution in [0.2, 0.25) is 0 Å². The van der Waals surface area contributed by atoms with Crippen LogP contribution in [0.5, 0.6) is 5.75 Å². The number of carbonyl (C=O) groups excluding carboxylic acids is 1. The van der Waals surface area contributed by atoms with Crippen LogP contribution in [0.25, 0.3) is 11.3 Å². The van der Waals surface area contributed by atoms with Crippen LogP contribution in [0, 0.1) is 11.6 Å². The van der Waals surface area contributed by atoms with Crippen LogP contribution in [0.3, 0.4) is 0 Å². The zero-order valence-electron chi connectivity index (χ0n) is 9.20. The standard InChI is InChI=1S/C10H8F2N4O2/c1-18-5-3-2-4(11)6(7(5)12)8-9(10(13)17)15-16-14-8/h2-3H,1H3,(H2,13,17)(H,14,15,16). The smallest absolute Gasteiger partial charge is 0.271 e. The number of carbonyl (C=O) groups is 1. The number of rotatable bonds is 3. The fourth-order valence-corrected chi connectivity index (χ4v) is 1.49. The van der Waals surface area contributed by atoms with Crippen molar-refractivity contribution in [2.75, 3.05) is 7.11 Å². The van der Waals surface area contributed by atoms with Crippen LogP contribution in [0.15, 0.2) is 12.1 Å². The Morgan fingerprint density at radius 2 is 2.11 bits per heavy atom. The van der Waals surface area contributed by atoms with Gasteiger partial charge in [-0.25, -0.2) is 8.78 Å². The lowest BCUT2D eigenvalue weighted by molar-refractivity contribution is 0.0996. The Morgan fingerprint density at radius 3 is 2.72 bits per heavy atom. The number of hydrogen-bond donors (Lipinski definition) is 2. The lowest BCUT2D eigenvalue weighted by Crippen LogP contribution is -2.13. The molecule has 1 aromatic carbocycles. The van der Waals surface area contributed by atoms with Gasteiger partial charge in [0.1, 0.15) is 11.5 Å². The monoisotopic (exact) mass is 254 g/mol. The van der Waals surface area contributed by atoms with Gasteiger partial charge in [-0.15, -0.1) is 0 Å². The van der Waals surface area contributed by atoms with Crippen molar-refractivity contribution >= 4 is 5.91 Å². The summed E-state index contributed by atoms with van der Waals surface area (Å²) in [5, 5.41) is 9.07. The highest BCUT2D eigenvalue weighted by Gasteiger charge is 2.24. The molecule has 0 aliphatic rings. The summed E-state index contributed by atoms with van der Waals surface area (Å²) in [6.45, 7) is 0. The average molecular weight is 254 g/mol. The average Bonchev–Trinajstić information content (AvgIpc) is 2.78. The van der Waals surface area contributed by atoms with Gasteiger partial charge in [0.25, 0.3) is 5.91 Å². The number of aromatic amines is 1. The number of nitrogens with zero attached hydrogens (tertiary/aromatic N) is 2. The van der Waals surface area contributed by atoms with Crippen molar-refractivity contribution in [3.05, 3.63) is 29.5 Å². The van der Waals surface area contributed by atoms with E-state index in [4.69, 9.17) is 10.5 Å². The van der Waals surface area contributed by atoms with Gasteiger partial charge in [0.15, 0.2) is 17.3 Å². The maximum absolute atomic E-state index is 13.9. The van der Waals surface area contributed by atoms with E-state index < -0.39 is 23.1 Å². The summed E-state index contributed by atoms with van der Waals surface area (Å²) in [5.41, 5.74) is 3.87. The van der Waals surface area contributed by atoms with Crippen LogP contribution in [-0.2, 0) is 0 Å². The van der Waals surface area contributed by atoms with Gasteiger partial charge in [-0.3, -0.25) is 4.79 Å². The topological polar surface area (TPSA) is 93.9 Å². The first kappa shape index (κ1) is 12.0. The van der Waals surface area contributed by atoms with E-state index in [1.807, 2.05) is 0 Å². The number of amides is 1. The Labute approximate surface area is 99.7 Å². The van der Waals surface area contributed by atoms with Gasteiger partial charge >= 0.3 is 0 Å². The van der Waals surface area contributed by atoms with Crippen molar-refractivity contribution in [2.24, 2.45) is 5.73 Å². The first-order chi connectivity index (χ1) is 8.56. The van der Waals surface area contributed by atoms with Crippen molar-refractivity contribution in [3.8, 4) is 17.0 Å². The molecule has 0 atom stereocenters. The molecule has 18 heavy (non-hydrogen) atoms. The molecule has 0 spiro atoms. The molecule has 6 nitrogen and oxygen atoms in total. The molecule has 2 rings (SSSR count). The minimum absolute atomic E-state index is 0.176. The Kier molecular flexibility index (Phi) is 2.92. The maximum Gasteiger partial charge on any atom is 0.271 e. The number of hydrogen-bond acceptors (Lipinski definition) is 4. The molecule has 1 heterocycles. The fourth-order valence-electron chi connectivity index (χ4n) is 1.49. The molecule has 8 heteroatoms. The van der Waals surface area contributed by atoms with Gasteiger partial charge in [-0.1, -0.05) is 0 Å². The Morgan fingerprint density at radius 1 is 1.39 bits per heavy atom. The van der Waals surface area contributed by atoms with Gasteiger partial charge in [0.05, 0.1) is 12.7 Å². The summed E-state index contributed by atoms with van der Waals surface area (Å²) in [4.78, 5) is 11.1. The van der Waals surface area contributed by atoms with E-state index >= 15 is 0 Å². The molecule has 1 amide bonds. The van der Waals surface area contributed by atoms with E-state index in [0.29, 0.717) is 0 Å². The third-order valence-corrected chi connectivity index (χ3v) is 2.29. The predicted molar refractivity (Wildman–Crippen MR) is 56.8 cm³/mol. The molecule has 3 N–H and O–H groups in total. The van der Waals surface area contributed by atoms with Crippen molar-refractivity contribution in [3.63, 3.8) is 0 Å². The molecule has 2 aromatic rings. The molecule has 0 radical (unpaired) electrons. The largest absolute Gasteiger partial charge is 0.494 e. The van der Waals surface area contributed by atoms with Crippen LogP contribution < -0.4 is 10.5 Å². The Balaban J connectivity index is 2.70. The van der Waals surface area contributed by atoms with Crippen molar-refractivity contribution < 1.29 is 18.3 Å². The molecule has 0 bridgehead atoms. The van der Waals surface area contributed by atoms with Crippen LogP contribution in [0.4, 0.5) is 8.78 Å². The van der Waals surface area contributed by atoms with Crippen molar-refractivity contribution in [1.29, 1.82) is 0 Å². The van der Waals surface area contributed by atoms with Crippen LogP contribution in [0.1, 0.15) is 10.5 Å². The summed E-state index contributed by atoms with van der Waals surface area (Å²) >= 11 is 0. The van der Waals surface area contributed by atoms with Crippen molar-refractivity contribution in [1.82, 2.24) is 15.4 Å². The van der Waals surface area contributed by atoms with Gasteiger partial charge in [0, 0.05) is 0 Å². The molecule has 0 unspecified atom stereocenters. The quantitative estimate of drug-likeness (QED) is 0.849. The number of methoxy groups -OCH3 is 1. The highest BCUT2D eigenvalue weighted by molar-refractivity contribution is 5.96. The third kappa shape index (κ3) is 1.77. The first-order valence-corrected chi connectivity index (χ1v) is 4.79. The summed E-state index contributed by atoms with van der Waals surface area (Å²) in [7, 11) is 1.23. The van der Waals surface area contributed by atoms with Gasteiger partial charge in [-0.2, -0.15) is 15.4 Å². The zero-order valence-corrected chi connectivity index (χ0v) is 9.20. The lowest BCUT2D eigenvalue weighted by atomic mass is 10.1. The molecule has 0 aliphatic heterocycles. The molecular weight excluding hydrogens is 246 g/mol. The number of benzene rings is 1. The molecule has 0 fully saturated rings. The zero-order chi connectivity index (χ0) is 13.3. The summed E-state index contributed by atoms with van der Waals surface area (Å²) < 4.78 is 32.3. The van der Waals surface area contributed by atoms with Crippen molar-refractivity contribution in [2.45, 2.75) is 0 Å². The molecule has 94 valence electrons. The predicted octanol–water partition coefficient (Wildman–Crippen LogP) is 0.857. The van der Waals surface area contributed by atoms with E-state index in [-0.39, 0.29) is 17.1 Å². The van der Waals surface area contributed by atoms with E-state index in [1.54, 1.807) is 0 Å². The highest BCUT2D eigenvalue weighted by Crippen LogP contribution is 2.31. The second-order valence-corrected chi connectivity index (χ2v) is 3.32. The normalized spacial score (nSPS) is 10.4. The number of primary amides is 1. The summed E-state index contributed by atoms with van der Waals surface area (Å²) in [6, 6.07) is 2.12. The summed E-state index contributed by atoms with van der Waals surface area (Å²) in [5.74, 6) is -3.00. The highest BCUT2D eigenvalue weighted by atomic mass is 19.1. The minimum atomic E-state index is -0.978. The molecule has 0 aliphatic carbocycles. The second-order valence-electron chi connectivity index (χ2n) is 3.32. The van der Waals surface area contributed by atoms with Gasteiger partial charge < -0.3 is 10.5 Å². The molecule has 1 aromatic heterocycles. The van der Waals surface area contributed by atoms with E-state index in [2.05, 4.69) is 15.4 Å². The molecule has 0 saturated carbocycles. The van der Waals surface area contributed by atoms with Gasteiger partial charge in [-0.05, 0) is 12.1 Å². The lowest BCUT2D eigenvalue weighted by Gasteiger charge is -2.07. The van der Waals surface area contributed by atoms with E-state index in [1.165, 1.54) is 7.11 Å². The van der Waals surface area contributed by atoms with Gasteiger partial charge in [0.2, 0.25) is 0 Å².